The molecule has 0 saturated heterocycles. The van der Waals surface area contributed by atoms with Crippen molar-refractivity contribution in [1.29, 1.82) is 0 Å². The summed E-state index contributed by atoms with van der Waals surface area (Å²) in [7, 11) is -3.38. The van der Waals surface area contributed by atoms with Gasteiger partial charge in [-0.1, -0.05) is 0 Å². The zero-order valence-electron chi connectivity index (χ0n) is 12.6. The molecule has 2 aliphatic heterocycles. The number of amidine groups is 1. The summed E-state index contributed by atoms with van der Waals surface area (Å²) in [6.45, 7) is 2.19. The first-order valence-electron chi connectivity index (χ1n) is 7.25. The van der Waals surface area contributed by atoms with E-state index in [1.165, 1.54) is 0 Å². The Kier molecular flexibility index (Phi) is 4.08. The van der Waals surface area contributed by atoms with Crippen LogP contribution in [0.3, 0.4) is 0 Å². The molecule has 1 aromatic rings. The van der Waals surface area contributed by atoms with Crippen molar-refractivity contribution in [1.82, 2.24) is 10.2 Å². The Balaban J connectivity index is 1.65. The molecule has 122 valence electrons. The number of furan rings is 1. The van der Waals surface area contributed by atoms with Gasteiger partial charge in [0, 0.05) is 25.2 Å². The first-order chi connectivity index (χ1) is 10.9. The Morgan fingerprint density at radius 3 is 3.04 bits per heavy atom. The van der Waals surface area contributed by atoms with Crippen LogP contribution >= 0.6 is 0 Å². The molecule has 3 heterocycles. The number of sulfonamides is 1. The van der Waals surface area contributed by atoms with E-state index < -0.39 is 10.0 Å². The van der Waals surface area contributed by atoms with Crippen molar-refractivity contribution >= 4 is 21.8 Å². The average molecular weight is 335 g/mol. The molecule has 8 heteroatoms. The van der Waals surface area contributed by atoms with Crippen LogP contribution in [0.15, 0.2) is 51.1 Å². The van der Waals surface area contributed by atoms with Crippen LogP contribution in [0.25, 0.3) is 0 Å². The molecule has 0 aromatic carbocycles. The summed E-state index contributed by atoms with van der Waals surface area (Å²) in [4.78, 5) is 14.0. The molecule has 23 heavy (non-hydrogen) atoms. The molecule has 2 aliphatic rings. The summed E-state index contributed by atoms with van der Waals surface area (Å²) >= 11 is 0. The van der Waals surface area contributed by atoms with Gasteiger partial charge >= 0.3 is 0 Å². The standard InChI is InChI=1S/C15H17N3O4S/c1-11(9-13-3-2-7-22-13)16-15(19)12-4-5-14-17-23(20,21)8-6-18(14)10-12/h2-5,7,10-11H,6,8-9H2,1H3,(H,16,19)/t11-/m0/s1. The molecular formula is C15H17N3O4S. The lowest BCUT2D eigenvalue weighted by molar-refractivity contribution is -0.117. The fraction of sp³-hybridized carbons (Fsp3) is 0.333. The molecule has 7 nitrogen and oxygen atoms in total. The van der Waals surface area contributed by atoms with E-state index >= 15 is 0 Å². The minimum Gasteiger partial charge on any atom is -0.469 e. The third-order valence-electron chi connectivity index (χ3n) is 3.55. The third kappa shape index (κ3) is 3.70. The van der Waals surface area contributed by atoms with E-state index in [1.807, 2.05) is 19.1 Å². The summed E-state index contributed by atoms with van der Waals surface area (Å²) in [6.07, 6.45) is 6.95. The maximum absolute atomic E-state index is 12.3. The zero-order valence-corrected chi connectivity index (χ0v) is 13.4. The molecule has 1 amide bonds. The van der Waals surface area contributed by atoms with Gasteiger partial charge in [-0.05, 0) is 31.2 Å². The maximum Gasteiger partial charge on any atom is 0.256 e. The van der Waals surface area contributed by atoms with Gasteiger partial charge in [-0.25, -0.2) is 8.42 Å². The fourth-order valence-corrected chi connectivity index (χ4v) is 3.39. The van der Waals surface area contributed by atoms with Crippen LogP contribution in [-0.2, 0) is 21.2 Å². The van der Waals surface area contributed by atoms with Crippen molar-refractivity contribution in [3.8, 4) is 0 Å². The van der Waals surface area contributed by atoms with Crippen molar-refractivity contribution < 1.29 is 17.6 Å². The molecule has 3 rings (SSSR count). The van der Waals surface area contributed by atoms with Crippen LogP contribution in [0, 0.1) is 0 Å². The number of carbonyl (C=O) groups excluding carboxylic acids is 1. The number of hydrogen-bond acceptors (Lipinski definition) is 5. The Bertz CT molecular complexity index is 791. The molecule has 0 bridgehead atoms. The van der Waals surface area contributed by atoms with Crippen LogP contribution in [-0.4, -0.2) is 43.4 Å². The minimum absolute atomic E-state index is 0.0510. The number of nitrogens with zero attached hydrogens (tertiary/aromatic N) is 2. The van der Waals surface area contributed by atoms with Crippen molar-refractivity contribution in [3.05, 3.63) is 48.1 Å². The summed E-state index contributed by atoms with van der Waals surface area (Å²) in [5.74, 6) is 0.885. The van der Waals surface area contributed by atoms with Crippen molar-refractivity contribution in [2.24, 2.45) is 4.40 Å². The van der Waals surface area contributed by atoms with Gasteiger partial charge in [0.1, 0.15) is 11.6 Å². The highest BCUT2D eigenvalue weighted by Gasteiger charge is 2.25. The summed E-state index contributed by atoms with van der Waals surface area (Å²) in [5, 5.41) is 2.90. The van der Waals surface area contributed by atoms with Gasteiger partial charge < -0.3 is 14.6 Å². The van der Waals surface area contributed by atoms with Crippen LogP contribution in [0.5, 0.6) is 0 Å². The molecule has 0 fully saturated rings. The monoisotopic (exact) mass is 335 g/mol. The lowest BCUT2D eigenvalue weighted by Crippen LogP contribution is -2.39. The predicted octanol–water partition coefficient (Wildman–Crippen LogP) is 0.824. The smallest absolute Gasteiger partial charge is 0.256 e. The molecule has 0 aliphatic carbocycles. The third-order valence-corrected chi connectivity index (χ3v) is 4.71. The first-order valence-corrected chi connectivity index (χ1v) is 8.86. The van der Waals surface area contributed by atoms with Crippen molar-refractivity contribution in [2.75, 3.05) is 12.3 Å². The number of amides is 1. The Hall–Kier alpha value is -2.35. The number of rotatable bonds is 4. The second kappa shape index (κ2) is 6.04. The lowest BCUT2D eigenvalue weighted by atomic mass is 10.1. The SMILES string of the molecule is C[C@@H](Cc1ccco1)NC(=O)C1=CN2CCS(=O)(=O)N=C2C=C1. The molecule has 1 atom stereocenters. The molecule has 1 N–H and O–H groups in total. The average Bonchev–Trinajstić information content (AvgIpc) is 2.98. The highest BCUT2D eigenvalue weighted by molar-refractivity contribution is 7.90. The topological polar surface area (TPSA) is 92.0 Å². The van der Waals surface area contributed by atoms with E-state index in [9.17, 15) is 13.2 Å². The molecule has 1 aromatic heterocycles. The molecule has 0 saturated carbocycles. The highest BCUT2D eigenvalue weighted by atomic mass is 32.2. The van der Waals surface area contributed by atoms with Gasteiger partial charge in [0.05, 0.1) is 17.6 Å². The van der Waals surface area contributed by atoms with Crippen molar-refractivity contribution in [3.63, 3.8) is 0 Å². The predicted molar refractivity (Wildman–Crippen MR) is 85.2 cm³/mol. The van der Waals surface area contributed by atoms with Gasteiger partial charge in [-0.3, -0.25) is 4.79 Å². The van der Waals surface area contributed by atoms with Crippen LogP contribution < -0.4 is 5.32 Å². The first kappa shape index (κ1) is 15.5. The van der Waals surface area contributed by atoms with E-state index in [4.69, 9.17) is 4.42 Å². The van der Waals surface area contributed by atoms with Crippen LogP contribution in [0.2, 0.25) is 0 Å². The normalized spacial score (nSPS) is 20.3. The van der Waals surface area contributed by atoms with Gasteiger partial charge in [-0.2, -0.15) is 0 Å². The number of hydrogen-bond donors (Lipinski definition) is 1. The largest absolute Gasteiger partial charge is 0.469 e. The Morgan fingerprint density at radius 2 is 2.30 bits per heavy atom. The fourth-order valence-electron chi connectivity index (χ4n) is 2.42. The molecular weight excluding hydrogens is 318 g/mol. The van der Waals surface area contributed by atoms with Gasteiger partial charge in [0.25, 0.3) is 15.9 Å². The lowest BCUT2D eigenvalue weighted by Gasteiger charge is -2.27. The van der Waals surface area contributed by atoms with E-state index in [0.29, 0.717) is 24.4 Å². The van der Waals surface area contributed by atoms with Gasteiger partial charge in [0.15, 0.2) is 0 Å². The second-order valence-corrected chi connectivity index (χ2v) is 7.26. The van der Waals surface area contributed by atoms with Gasteiger partial charge in [0.2, 0.25) is 0 Å². The maximum atomic E-state index is 12.3. The van der Waals surface area contributed by atoms with Crippen LogP contribution in [0.1, 0.15) is 12.7 Å². The van der Waals surface area contributed by atoms with E-state index in [-0.39, 0.29) is 17.7 Å². The summed E-state index contributed by atoms with van der Waals surface area (Å²) in [5.41, 5.74) is 0.467. The highest BCUT2D eigenvalue weighted by Crippen LogP contribution is 2.16. The molecule has 0 radical (unpaired) electrons. The second-order valence-electron chi connectivity index (χ2n) is 5.50. The van der Waals surface area contributed by atoms with E-state index in [0.717, 1.165) is 5.76 Å². The molecule has 0 spiro atoms. The molecule has 0 unspecified atom stereocenters. The number of nitrogens with one attached hydrogen (secondary N) is 1. The summed E-state index contributed by atoms with van der Waals surface area (Å²) in [6, 6.07) is 3.58. The van der Waals surface area contributed by atoms with Crippen molar-refractivity contribution in [2.45, 2.75) is 19.4 Å². The van der Waals surface area contributed by atoms with Gasteiger partial charge in [-0.15, -0.1) is 4.40 Å². The number of fused-ring (bicyclic) bond motifs is 1. The summed E-state index contributed by atoms with van der Waals surface area (Å²) < 4.78 is 31.9. The van der Waals surface area contributed by atoms with E-state index in [1.54, 1.807) is 29.5 Å². The van der Waals surface area contributed by atoms with E-state index in [2.05, 4.69) is 9.71 Å². The Morgan fingerprint density at radius 1 is 1.48 bits per heavy atom. The zero-order chi connectivity index (χ0) is 16.4. The minimum atomic E-state index is -3.38. The quantitative estimate of drug-likeness (QED) is 0.880. The Labute approximate surface area is 134 Å². The number of carbonyl (C=O) groups is 1. The van der Waals surface area contributed by atoms with Crippen LogP contribution in [0.4, 0.5) is 0 Å².